The maximum absolute atomic E-state index is 12.7. The number of methoxy groups -OCH3 is 1. The van der Waals surface area contributed by atoms with Crippen LogP contribution in [0.3, 0.4) is 0 Å². The number of hydrogen-bond acceptors (Lipinski definition) is 3. The monoisotopic (exact) mass is 260 g/mol. The Labute approximate surface area is 101 Å². The van der Waals surface area contributed by atoms with Gasteiger partial charge in [-0.3, -0.25) is 0 Å². The van der Waals surface area contributed by atoms with Crippen LogP contribution >= 0.6 is 0 Å². The lowest BCUT2D eigenvalue weighted by Crippen LogP contribution is -2.17. The summed E-state index contributed by atoms with van der Waals surface area (Å²) >= 11 is 0. The Morgan fingerprint density at radius 1 is 1.39 bits per heavy atom. The second kappa shape index (κ2) is 5.22. The maximum atomic E-state index is 12.7. The van der Waals surface area contributed by atoms with Crippen molar-refractivity contribution in [3.05, 3.63) is 47.5 Å². The summed E-state index contributed by atoms with van der Waals surface area (Å²) < 4.78 is 42.4. The molecule has 0 bridgehead atoms. The van der Waals surface area contributed by atoms with E-state index in [9.17, 15) is 23.1 Å². The molecule has 6 heteroatoms. The first-order valence-corrected chi connectivity index (χ1v) is 4.90. The van der Waals surface area contributed by atoms with Crippen LogP contribution in [0.4, 0.5) is 13.2 Å². The number of halogens is 3. The normalized spacial score (nSPS) is 12.9. The summed E-state index contributed by atoms with van der Waals surface area (Å²) in [6, 6.07) is 4.43. The van der Waals surface area contributed by atoms with E-state index in [1.54, 1.807) is 0 Å². The van der Waals surface area contributed by atoms with E-state index in [0.29, 0.717) is 0 Å². The van der Waals surface area contributed by atoms with Gasteiger partial charge >= 0.3 is 12.1 Å². The van der Waals surface area contributed by atoms with Gasteiger partial charge in [0.05, 0.1) is 18.2 Å². The molecule has 0 fully saturated rings. The molecule has 0 amide bonds. The van der Waals surface area contributed by atoms with E-state index in [0.717, 1.165) is 19.2 Å². The Hall–Kier alpha value is -1.82. The number of ether oxygens (including phenoxy) is 1. The van der Waals surface area contributed by atoms with Crippen molar-refractivity contribution in [3.8, 4) is 0 Å². The molecule has 1 N–H and O–H groups in total. The van der Waals surface area contributed by atoms with E-state index in [4.69, 9.17) is 0 Å². The minimum Gasteiger partial charge on any atom is -0.466 e. The summed E-state index contributed by atoms with van der Waals surface area (Å²) in [6.45, 7) is 3.23. The minimum absolute atomic E-state index is 0.430. The zero-order chi connectivity index (χ0) is 13.9. The highest BCUT2D eigenvalue weighted by atomic mass is 19.4. The van der Waals surface area contributed by atoms with Crippen LogP contribution in [-0.2, 0) is 15.7 Å². The summed E-state index contributed by atoms with van der Waals surface area (Å²) in [4.78, 5) is 11.1. The highest BCUT2D eigenvalue weighted by molar-refractivity contribution is 5.89. The van der Waals surface area contributed by atoms with Crippen LogP contribution < -0.4 is 0 Å². The molecule has 0 aliphatic rings. The van der Waals surface area contributed by atoms with Gasteiger partial charge < -0.3 is 9.84 Å². The first-order chi connectivity index (χ1) is 8.29. The van der Waals surface area contributed by atoms with Gasteiger partial charge in [0.2, 0.25) is 0 Å². The third kappa shape index (κ3) is 2.89. The van der Waals surface area contributed by atoms with Gasteiger partial charge in [0.25, 0.3) is 0 Å². The van der Waals surface area contributed by atoms with Crippen LogP contribution in [0.2, 0.25) is 0 Å². The molecule has 0 unspecified atom stereocenters. The van der Waals surface area contributed by atoms with Crippen molar-refractivity contribution < 1.29 is 27.8 Å². The number of aliphatic hydroxyl groups is 1. The first-order valence-electron chi connectivity index (χ1n) is 4.90. The SMILES string of the molecule is C=C(C(=O)OC)[C@H](O)c1ccccc1C(F)(F)F. The molecule has 3 nitrogen and oxygen atoms in total. The molecule has 0 aliphatic heterocycles. The quantitative estimate of drug-likeness (QED) is 0.670. The van der Waals surface area contributed by atoms with Crippen molar-refractivity contribution in [2.24, 2.45) is 0 Å². The number of rotatable bonds is 3. The molecule has 0 aromatic heterocycles. The number of hydrogen-bond donors (Lipinski definition) is 1. The van der Waals surface area contributed by atoms with Crippen LogP contribution in [-0.4, -0.2) is 18.2 Å². The fraction of sp³-hybridized carbons (Fsp3) is 0.250. The van der Waals surface area contributed by atoms with E-state index < -0.39 is 34.9 Å². The molecule has 0 heterocycles. The predicted octanol–water partition coefficient (Wildman–Crippen LogP) is 2.47. The molecule has 0 spiro atoms. The standard InChI is InChI=1S/C12H11F3O3/c1-7(11(17)18-2)10(16)8-5-3-4-6-9(8)12(13,14)15/h3-6,10,16H,1H2,2H3/t10-/m0/s1. The zero-order valence-electron chi connectivity index (χ0n) is 9.49. The van der Waals surface area contributed by atoms with Gasteiger partial charge in [0, 0.05) is 0 Å². The molecule has 18 heavy (non-hydrogen) atoms. The van der Waals surface area contributed by atoms with Crippen molar-refractivity contribution in [2.45, 2.75) is 12.3 Å². The van der Waals surface area contributed by atoms with Gasteiger partial charge in [-0.1, -0.05) is 24.8 Å². The van der Waals surface area contributed by atoms with Crippen LogP contribution in [0, 0.1) is 0 Å². The second-order valence-electron chi connectivity index (χ2n) is 3.50. The van der Waals surface area contributed by atoms with E-state index >= 15 is 0 Å². The number of aliphatic hydroxyl groups excluding tert-OH is 1. The maximum Gasteiger partial charge on any atom is 0.416 e. The molecule has 98 valence electrons. The van der Waals surface area contributed by atoms with E-state index in [-0.39, 0.29) is 0 Å². The highest BCUT2D eigenvalue weighted by Gasteiger charge is 2.35. The summed E-state index contributed by atoms with van der Waals surface area (Å²) in [7, 11) is 1.05. The smallest absolute Gasteiger partial charge is 0.416 e. The number of benzene rings is 1. The Morgan fingerprint density at radius 3 is 2.44 bits per heavy atom. The number of esters is 1. The Bertz CT molecular complexity index is 466. The fourth-order valence-electron chi connectivity index (χ4n) is 1.42. The van der Waals surface area contributed by atoms with Gasteiger partial charge in [0.1, 0.15) is 6.10 Å². The van der Waals surface area contributed by atoms with Crippen molar-refractivity contribution in [1.82, 2.24) is 0 Å². The number of carbonyl (C=O) groups excluding carboxylic acids is 1. The summed E-state index contributed by atoms with van der Waals surface area (Å²) in [5, 5.41) is 9.73. The summed E-state index contributed by atoms with van der Waals surface area (Å²) in [5.41, 5.74) is -1.89. The Balaban J connectivity index is 3.18. The molecule has 1 atom stereocenters. The molecular weight excluding hydrogens is 249 g/mol. The van der Waals surface area contributed by atoms with E-state index in [1.165, 1.54) is 12.1 Å². The number of carbonyl (C=O) groups is 1. The van der Waals surface area contributed by atoms with Crippen LogP contribution in [0.5, 0.6) is 0 Å². The average Bonchev–Trinajstić information content (AvgIpc) is 2.35. The predicted molar refractivity (Wildman–Crippen MR) is 57.6 cm³/mol. The lowest BCUT2D eigenvalue weighted by molar-refractivity contribution is -0.141. The first kappa shape index (κ1) is 14.2. The second-order valence-corrected chi connectivity index (χ2v) is 3.50. The average molecular weight is 260 g/mol. The topological polar surface area (TPSA) is 46.5 Å². The van der Waals surface area contributed by atoms with Gasteiger partial charge in [0.15, 0.2) is 0 Å². The van der Waals surface area contributed by atoms with Crippen molar-refractivity contribution in [2.75, 3.05) is 7.11 Å². The lowest BCUT2D eigenvalue weighted by Gasteiger charge is -2.17. The summed E-state index contributed by atoms with van der Waals surface area (Å²) in [5.74, 6) is -0.959. The molecule has 0 aliphatic carbocycles. The molecule has 0 radical (unpaired) electrons. The van der Waals surface area contributed by atoms with Crippen LogP contribution in [0.1, 0.15) is 17.2 Å². The fourth-order valence-corrected chi connectivity index (χ4v) is 1.42. The molecule has 0 saturated heterocycles. The molecule has 1 aromatic carbocycles. The van der Waals surface area contributed by atoms with Gasteiger partial charge in [-0.15, -0.1) is 0 Å². The molecule has 1 rings (SSSR count). The van der Waals surface area contributed by atoms with Gasteiger partial charge in [-0.05, 0) is 11.6 Å². The van der Waals surface area contributed by atoms with Crippen molar-refractivity contribution >= 4 is 5.97 Å². The highest BCUT2D eigenvalue weighted by Crippen LogP contribution is 2.36. The Kier molecular flexibility index (Phi) is 4.13. The number of alkyl halides is 3. The molecule has 1 aromatic rings. The largest absolute Gasteiger partial charge is 0.466 e. The minimum atomic E-state index is -4.62. The molecular formula is C12H11F3O3. The van der Waals surface area contributed by atoms with Gasteiger partial charge in [-0.2, -0.15) is 13.2 Å². The molecule has 0 saturated carbocycles. The van der Waals surface area contributed by atoms with Gasteiger partial charge in [-0.25, -0.2) is 4.79 Å². The zero-order valence-corrected chi connectivity index (χ0v) is 9.49. The summed E-state index contributed by atoms with van der Waals surface area (Å²) in [6.07, 6.45) is -6.37. The van der Waals surface area contributed by atoms with E-state index in [2.05, 4.69) is 11.3 Å². The third-order valence-corrected chi connectivity index (χ3v) is 2.34. The van der Waals surface area contributed by atoms with Crippen LogP contribution in [0.25, 0.3) is 0 Å². The lowest BCUT2D eigenvalue weighted by atomic mass is 9.97. The van der Waals surface area contributed by atoms with Crippen molar-refractivity contribution in [3.63, 3.8) is 0 Å². The van der Waals surface area contributed by atoms with Crippen molar-refractivity contribution in [1.29, 1.82) is 0 Å². The van der Waals surface area contributed by atoms with E-state index in [1.807, 2.05) is 0 Å². The van der Waals surface area contributed by atoms with Crippen LogP contribution in [0.15, 0.2) is 36.4 Å². The third-order valence-electron chi connectivity index (χ3n) is 2.34. The Morgan fingerprint density at radius 2 is 1.94 bits per heavy atom.